The topological polar surface area (TPSA) is 23.5 Å². The first-order chi connectivity index (χ1) is 13.0. The van der Waals surface area contributed by atoms with E-state index < -0.39 is 0 Å². The second kappa shape index (κ2) is 7.67. The van der Waals surface area contributed by atoms with Crippen molar-refractivity contribution in [2.24, 2.45) is 11.8 Å². The molecule has 1 N–H and O–H groups in total. The summed E-state index contributed by atoms with van der Waals surface area (Å²) in [6.45, 7) is 8.09. The maximum atomic E-state index is 10.1. The molecular weight excluding hydrogens is 330 g/mol. The van der Waals surface area contributed by atoms with E-state index in [2.05, 4.69) is 49.1 Å². The van der Waals surface area contributed by atoms with Gasteiger partial charge >= 0.3 is 0 Å². The van der Waals surface area contributed by atoms with Crippen LogP contribution in [0.3, 0.4) is 0 Å². The zero-order valence-electron chi connectivity index (χ0n) is 16.8. The van der Waals surface area contributed by atoms with Gasteiger partial charge < -0.3 is 10.0 Å². The van der Waals surface area contributed by atoms with E-state index in [0.717, 1.165) is 18.9 Å². The van der Waals surface area contributed by atoms with Crippen LogP contribution in [0.5, 0.6) is 5.75 Å². The number of likely N-dealkylation sites (tertiary alicyclic amines) is 1. The Morgan fingerprint density at radius 3 is 2.70 bits per heavy atom. The van der Waals surface area contributed by atoms with E-state index in [1.807, 2.05) is 12.1 Å². The van der Waals surface area contributed by atoms with Gasteiger partial charge in [0.15, 0.2) is 0 Å². The lowest BCUT2D eigenvalue weighted by Crippen LogP contribution is -2.52. The number of nitrogens with zero attached hydrogens (tertiary/aromatic N) is 1. The van der Waals surface area contributed by atoms with Crippen LogP contribution in [-0.4, -0.2) is 29.6 Å². The van der Waals surface area contributed by atoms with Crippen LogP contribution in [0.4, 0.5) is 0 Å². The molecule has 0 spiro atoms. The van der Waals surface area contributed by atoms with Gasteiger partial charge in [-0.3, -0.25) is 0 Å². The zero-order chi connectivity index (χ0) is 18.9. The van der Waals surface area contributed by atoms with Crippen molar-refractivity contribution in [1.29, 1.82) is 0 Å². The third-order valence-corrected chi connectivity index (χ3v) is 7.11. The zero-order valence-corrected chi connectivity index (χ0v) is 16.8. The van der Waals surface area contributed by atoms with Crippen LogP contribution in [0.25, 0.3) is 0 Å². The van der Waals surface area contributed by atoms with Gasteiger partial charge in [0.2, 0.25) is 0 Å². The smallest absolute Gasteiger partial charge is 0.115 e. The number of phenols is 1. The fourth-order valence-electron chi connectivity index (χ4n) is 5.54. The van der Waals surface area contributed by atoms with Gasteiger partial charge in [0.1, 0.15) is 5.75 Å². The SMILES string of the molecule is Cc1ccc(CCN2CCC3(c4cccc(O)c4)CC(C)CCC3C2)cc1. The van der Waals surface area contributed by atoms with Gasteiger partial charge in [-0.1, -0.05) is 55.3 Å². The first kappa shape index (κ1) is 18.6. The van der Waals surface area contributed by atoms with Crippen molar-refractivity contribution in [2.75, 3.05) is 19.6 Å². The number of hydrogen-bond acceptors (Lipinski definition) is 2. The molecule has 27 heavy (non-hydrogen) atoms. The van der Waals surface area contributed by atoms with Gasteiger partial charge in [-0.15, -0.1) is 0 Å². The average molecular weight is 364 g/mol. The van der Waals surface area contributed by atoms with Crippen molar-refractivity contribution in [1.82, 2.24) is 4.90 Å². The van der Waals surface area contributed by atoms with Gasteiger partial charge in [-0.2, -0.15) is 0 Å². The lowest BCUT2D eigenvalue weighted by Gasteiger charge is -2.53. The van der Waals surface area contributed by atoms with E-state index >= 15 is 0 Å². The Morgan fingerprint density at radius 2 is 1.93 bits per heavy atom. The summed E-state index contributed by atoms with van der Waals surface area (Å²) in [5.74, 6) is 1.91. The van der Waals surface area contributed by atoms with E-state index in [4.69, 9.17) is 0 Å². The van der Waals surface area contributed by atoms with Crippen molar-refractivity contribution in [3.05, 3.63) is 65.2 Å². The summed E-state index contributed by atoms with van der Waals surface area (Å²) in [4.78, 5) is 2.68. The van der Waals surface area contributed by atoms with Gasteiger partial charge in [0.05, 0.1) is 0 Å². The molecule has 4 rings (SSSR count). The molecule has 2 heteroatoms. The highest BCUT2D eigenvalue weighted by atomic mass is 16.3. The van der Waals surface area contributed by atoms with Gasteiger partial charge in [-0.25, -0.2) is 0 Å². The third-order valence-electron chi connectivity index (χ3n) is 7.11. The summed E-state index contributed by atoms with van der Waals surface area (Å²) in [6, 6.07) is 17.1. The van der Waals surface area contributed by atoms with Crippen molar-refractivity contribution >= 4 is 0 Å². The minimum absolute atomic E-state index is 0.261. The van der Waals surface area contributed by atoms with E-state index in [0.29, 0.717) is 11.7 Å². The van der Waals surface area contributed by atoms with Gasteiger partial charge in [0.25, 0.3) is 0 Å². The molecule has 1 heterocycles. The number of aryl methyl sites for hydroxylation is 1. The standard InChI is InChI=1S/C25H33NO/c1-19-6-9-21(10-7-19)12-14-26-15-13-25(22-4-3-5-24(27)16-22)17-20(2)8-11-23(25)18-26/h3-7,9-10,16,20,23,27H,8,11-15,17-18H2,1-2H3. The highest BCUT2D eigenvalue weighted by Gasteiger charge is 2.47. The van der Waals surface area contributed by atoms with Crippen LogP contribution >= 0.6 is 0 Å². The normalized spacial score (nSPS) is 28.7. The number of rotatable bonds is 4. The molecular formula is C25H33NO. The molecule has 3 unspecified atom stereocenters. The molecule has 2 aliphatic rings. The molecule has 0 radical (unpaired) electrons. The van der Waals surface area contributed by atoms with Gasteiger partial charge in [0, 0.05) is 18.5 Å². The Kier molecular flexibility index (Phi) is 5.27. The molecule has 144 valence electrons. The molecule has 2 aromatic carbocycles. The minimum atomic E-state index is 0.261. The molecule has 1 saturated carbocycles. The number of phenolic OH excluding ortho intramolecular Hbond substituents is 1. The largest absolute Gasteiger partial charge is 0.508 e. The molecule has 0 bridgehead atoms. The van der Waals surface area contributed by atoms with E-state index in [-0.39, 0.29) is 5.41 Å². The molecule has 3 atom stereocenters. The molecule has 0 aromatic heterocycles. The predicted octanol–water partition coefficient (Wildman–Crippen LogP) is 5.32. The molecule has 2 nitrogen and oxygen atoms in total. The Bertz CT molecular complexity index is 768. The third kappa shape index (κ3) is 3.91. The highest BCUT2D eigenvalue weighted by molar-refractivity contribution is 5.35. The molecule has 1 saturated heterocycles. The molecule has 1 aliphatic carbocycles. The van der Waals surface area contributed by atoms with Crippen molar-refractivity contribution < 1.29 is 5.11 Å². The summed E-state index contributed by atoms with van der Waals surface area (Å²) in [6.07, 6.45) is 6.30. The first-order valence-electron chi connectivity index (χ1n) is 10.6. The lowest BCUT2D eigenvalue weighted by atomic mass is 9.57. The molecule has 2 aromatic rings. The van der Waals surface area contributed by atoms with Crippen LogP contribution in [0.15, 0.2) is 48.5 Å². The summed E-state index contributed by atoms with van der Waals surface area (Å²) < 4.78 is 0. The maximum Gasteiger partial charge on any atom is 0.115 e. The van der Waals surface area contributed by atoms with Crippen molar-refractivity contribution in [2.45, 2.75) is 51.4 Å². The monoisotopic (exact) mass is 363 g/mol. The number of aromatic hydroxyl groups is 1. The quantitative estimate of drug-likeness (QED) is 0.794. The Morgan fingerprint density at radius 1 is 1.11 bits per heavy atom. The number of piperidine rings is 1. The number of fused-ring (bicyclic) bond motifs is 1. The summed E-state index contributed by atoms with van der Waals surface area (Å²) in [5, 5.41) is 10.1. The van der Waals surface area contributed by atoms with Crippen LogP contribution in [0.2, 0.25) is 0 Å². The molecule has 0 amide bonds. The fraction of sp³-hybridized carbons (Fsp3) is 0.520. The fourth-order valence-corrected chi connectivity index (χ4v) is 5.54. The number of benzene rings is 2. The summed E-state index contributed by atoms with van der Waals surface area (Å²) >= 11 is 0. The van der Waals surface area contributed by atoms with Crippen LogP contribution in [-0.2, 0) is 11.8 Å². The Hall–Kier alpha value is -1.80. The second-order valence-corrected chi connectivity index (χ2v) is 9.08. The summed E-state index contributed by atoms with van der Waals surface area (Å²) in [7, 11) is 0. The molecule has 2 fully saturated rings. The van der Waals surface area contributed by atoms with Crippen LogP contribution in [0.1, 0.15) is 49.3 Å². The Labute approximate surface area is 164 Å². The Balaban J connectivity index is 1.48. The van der Waals surface area contributed by atoms with Crippen LogP contribution < -0.4 is 0 Å². The van der Waals surface area contributed by atoms with E-state index in [1.165, 1.54) is 55.5 Å². The van der Waals surface area contributed by atoms with E-state index in [9.17, 15) is 5.11 Å². The average Bonchev–Trinajstić information content (AvgIpc) is 2.67. The predicted molar refractivity (Wildman–Crippen MR) is 112 cm³/mol. The second-order valence-electron chi connectivity index (χ2n) is 9.08. The van der Waals surface area contributed by atoms with Crippen LogP contribution in [0, 0.1) is 18.8 Å². The lowest BCUT2D eigenvalue weighted by molar-refractivity contribution is 0.0390. The first-order valence-corrected chi connectivity index (χ1v) is 10.6. The maximum absolute atomic E-state index is 10.1. The minimum Gasteiger partial charge on any atom is -0.508 e. The van der Waals surface area contributed by atoms with Gasteiger partial charge in [-0.05, 0) is 74.2 Å². The van der Waals surface area contributed by atoms with Crippen molar-refractivity contribution in [3.8, 4) is 5.75 Å². The van der Waals surface area contributed by atoms with E-state index in [1.54, 1.807) is 6.07 Å². The molecule has 1 aliphatic heterocycles. The highest BCUT2D eigenvalue weighted by Crippen LogP contribution is 2.51. The van der Waals surface area contributed by atoms with Crippen molar-refractivity contribution in [3.63, 3.8) is 0 Å². The number of hydrogen-bond donors (Lipinski definition) is 1. The summed E-state index contributed by atoms with van der Waals surface area (Å²) in [5.41, 5.74) is 4.42.